The topological polar surface area (TPSA) is 27.7 Å². The summed E-state index contributed by atoms with van der Waals surface area (Å²) < 4.78 is 16.0. The van der Waals surface area contributed by atoms with Gasteiger partial charge < -0.3 is 14.2 Å². The van der Waals surface area contributed by atoms with Crippen molar-refractivity contribution < 1.29 is 14.2 Å². The van der Waals surface area contributed by atoms with Crippen LogP contribution in [0.5, 0.6) is 0 Å². The van der Waals surface area contributed by atoms with Crippen molar-refractivity contribution in [1.82, 2.24) is 0 Å². The van der Waals surface area contributed by atoms with Crippen LogP contribution in [0.3, 0.4) is 0 Å². The van der Waals surface area contributed by atoms with Gasteiger partial charge in [-0.05, 0) is 18.8 Å². The highest BCUT2D eigenvalue weighted by molar-refractivity contribution is 5.01. The predicted octanol–water partition coefficient (Wildman–Crippen LogP) is 1.94. The van der Waals surface area contributed by atoms with Gasteiger partial charge in [-0.25, -0.2) is 0 Å². The number of hydrogen-bond donors (Lipinski definition) is 0. The first kappa shape index (κ1) is 10.1. The molecule has 0 aromatic heterocycles. The zero-order chi connectivity index (χ0) is 10.0. The fourth-order valence-electron chi connectivity index (χ4n) is 2.17. The minimum atomic E-state index is -0.460. The van der Waals surface area contributed by atoms with E-state index in [-0.39, 0.29) is 5.41 Å². The third-order valence-corrected chi connectivity index (χ3v) is 3.43. The summed E-state index contributed by atoms with van der Waals surface area (Å²) in [4.78, 5) is 0. The van der Waals surface area contributed by atoms with Gasteiger partial charge in [-0.15, -0.1) is 0 Å². The quantitative estimate of drug-likeness (QED) is 0.603. The highest BCUT2D eigenvalue weighted by Gasteiger charge is 2.41. The van der Waals surface area contributed by atoms with E-state index in [9.17, 15) is 0 Å². The zero-order valence-electron chi connectivity index (χ0n) is 8.86. The van der Waals surface area contributed by atoms with Crippen LogP contribution in [0.15, 0.2) is 12.2 Å². The molecule has 0 amide bonds. The molecule has 1 spiro atoms. The first-order valence-electron chi connectivity index (χ1n) is 5.18. The van der Waals surface area contributed by atoms with Crippen LogP contribution in [-0.2, 0) is 14.2 Å². The van der Waals surface area contributed by atoms with E-state index in [0.717, 1.165) is 26.1 Å². The second-order valence-corrected chi connectivity index (χ2v) is 4.32. The Morgan fingerprint density at radius 3 is 2.57 bits per heavy atom. The van der Waals surface area contributed by atoms with E-state index in [4.69, 9.17) is 14.2 Å². The SMILES string of the molecule is COC1OCC2(CC=CCC2C)CO1. The molecule has 14 heavy (non-hydrogen) atoms. The van der Waals surface area contributed by atoms with Gasteiger partial charge in [-0.3, -0.25) is 0 Å². The summed E-state index contributed by atoms with van der Waals surface area (Å²) >= 11 is 0. The molecule has 0 saturated carbocycles. The Balaban J connectivity index is 2.00. The maximum Gasteiger partial charge on any atom is 0.271 e. The number of allylic oxidation sites excluding steroid dienone is 2. The van der Waals surface area contributed by atoms with Crippen LogP contribution in [0.4, 0.5) is 0 Å². The third-order valence-electron chi connectivity index (χ3n) is 3.43. The monoisotopic (exact) mass is 198 g/mol. The van der Waals surface area contributed by atoms with E-state index < -0.39 is 6.48 Å². The Bertz CT molecular complexity index is 217. The number of methoxy groups -OCH3 is 1. The molecule has 0 radical (unpaired) electrons. The van der Waals surface area contributed by atoms with Crippen LogP contribution in [0.2, 0.25) is 0 Å². The molecule has 0 N–H and O–H groups in total. The van der Waals surface area contributed by atoms with Gasteiger partial charge in [0.15, 0.2) is 0 Å². The van der Waals surface area contributed by atoms with Crippen LogP contribution in [0.1, 0.15) is 19.8 Å². The van der Waals surface area contributed by atoms with Gasteiger partial charge in [-0.1, -0.05) is 19.1 Å². The van der Waals surface area contributed by atoms with Crippen LogP contribution in [0, 0.1) is 11.3 Å². The normalized spacial score (nSPS) is 43.0. The van der Waals surface area contributed by atoms with Crippen molar-refractivity contribution in [3.05, 3.63) is 12.2 Å². The standard InChI is InChI=1S/C11H18O3/c1-9-5-3-4-6-11(9)7-13-10(12-2)14-8-11/h3-4,9-10H,5-8H2,1-2H3. The average molecular weight is 198 g/mol. The van der Waals surface area contributed by atoms with Crippen molar-refractivity contribution >= 4 is 0 Å². The maximum absolute atomic E-state index is 5.51. The smallest absolute Gasteiger partial charge is 0.271 e. The summed E-state index contributed by atoms with van der Waals surface area (Å²) in [6.45, 7) is 3.30. The minimum Gasteiger partial charge on any atom is -0.333 e. The van der Waals surface area contributed by atoms with Crippen molar-refractivity contribution in [2.75, 3.05) is 20.3 Å². The predicted molar refractivity (Wildman–Crippen MR) is 52.7 cm³/mol. The molecule has 1 aliphatic carbocycles. The van der Waals surface area contributed by atoms with Crippen LogP contribution < -0.4 is 0 Å². The summed E-state index contributed by atoms with van der Waals surface area (Å²) in [5.74, 6) is 0.630. The van der Waals surface area contributed by atoms with Crippen LogP contribution >= 0.6 is 0 Å². The Morgan fingerprint density at radius 1 is 1.29 bits per heavy atom. The molecule has 0 bridgehead atoms. The molecule has 1 saturated heterocycles. The maximum atomic E-state index is 5.51. The lowest BCUT2D eigenvalue weighted by Crippen LogP contribution is -2.46. The summed E-state index contributed by atoms with van der Waals surface area (Å²) in [5.41, 5.74) is 0.184. The second-order valence-electron chi connectivity index (χ2n) is 4.32. The highest BCUT2D eigenvalue weighted by atomic mass is 16.8. The fraction of sp³-hybridized carbons (Fsp3) is 0.818. The van der Waals surface area contributed by atoms with E-state index in [1.165, 1.54) is 0 Å². The van der Waals surface area contributed by atoms with Crippen molar-refractivity contribution in [1.29, 1.82) is 0 Å². The van der Waals surface area contributed by atoms with Crippen molar-refractivity contribution in [3.63, 3.8) is 0 Å². The molecule has 3 heteroatoms. The largest absolute Gasteiger partial charge is 0.333 e. The Labute approximate surface area is 85.0 Å². The number of ether oxygens (including phenoxy) is 3. The van der Waals surface area contributed by atoms with Gasteiger partial charge >= 0.3 is 0 Å². The third kappa shape index (κ3) is 1.72. The molecule has 2 aliphatic rings. The van der Waals surface area contributed by atoms with Gasteiger partial charge in [0, 0.05) is 12.5 Å². The van der Waals surface area contributed by atoms with Gasteiger partial charge in [0.2, 0.25) is 0 Å². The second kappa shape index (κ2) is 4.01. The molecule has 1 heterocycles. The summed E-state index contributed by atoms with van der Waals surface area (Å²) in [5, 5.41) is 0. The zero-order valence-corrected chi connectivity index (χ0v) is 8.86. The molecular weight excluding hydrogens is 180 g/mol. The minimum absolute atomic E-state index is 0.184. The van der Waals surface area contributed by atoms with E-state index in [0.29, 0.717) is 5.92 Å². The lowest BCUT2D eigenvalue weighted by Gasteiger charge is -2.44. The summed E-state index contributed by atoms with van der Waals surface area (Å²) in [6.07, 6.45) is 6.67. The van der Waals surface area contributed by atoms with Crippen molar-refractivity contribution in [2.24, 2.45) is 11.3 Å². The lowest BCUT2D eigenvalue weighted by molar-refractivity contribution is -0.335. The van der Waals surface area contributed by atoms with Gasteiger partial charge in [0.05, 0.1) is 13.2 Å². The fourth-order valence-corrected chi connectivity index (χ4v) is 2.17. The lowest BCUT2D eigenvalue weighted by atomic mass is 9.70. The Kier molecular flexibility index (Phi) is 2.91. The van der Waals surface area contributed by atoms with Gasteiger partial charge in [0.1, 0.15) is 0 Å². The first-order valence-corrected chi connectivity index (χ1v) is 5.18. The Morgan fingerprint density at radius 2 is 2.00 bits per heavy atom. The molecule has 0 aromatic carbocycles. The molecule has 80 valence electrons. The van der Waals surface area contributed by atoms with E-state index in [1.807, 2.05) is 0 Å². The summed E-state index contributed by atoms with van der Waals surface area (Å²) in [7, 11) is 1.60. The molecular formula is C11H18O3. The molecule has 1 fully saturated rings. The summed E-state index contributed by atoms with van der Waals surface area (Å²) in [6, 6.07) is 0. The van der Waals surface area contributed by atoms with Crippen LogP contribution in [0.25, 0.3) is 0 Å². The molecule has 2 rings (SSSR count). The Hall–Kier alpha value is -0.380. The van der Waals surface area contributed by atoms with Gasteiger partial charge in [-0.2, -0.15) is 0 Å². The van der Waals surface area contributed by atoms with Crippen molar-refractivity contribution in [2.45, 2.75) is 26.2 Å². The molecule has 3 nitrogen and oxygen atoms in total. The number of rotatable bonds is 1. The van der Waals surface area contributed by atoms with Crippen LogP contribution in [-0.4, -0.2) is 26.8 Å². The van der Waals surface area contributed by atoms with E-state index >= 15 is 0 Å². The average Bonchev–Trinajstić information content (AvgIpc) is 2.24. The number of hydrogen-bond acceptors (Lipinski definition) is 3. The highest BCUT2D eigenvalue weighted by Crippen LogP contribution is 2.41. The molecule has 0 aromatic rings. The molecule has 1 unspecified atom stereocenters. The molecule has 1 aliphatic heterocycles. The molecule has 1 atom stereocenters. The van der Waals surface area contributed by atoms with E-state index in [2.05, 4.69) is 19.1 Å². The van der Waals surface area contributed by atoms with Gasteiger partial charge in [0.25, 0.3) is 6.48 Å². The van der Waals surface area contributed by atoms with E-state index in [1.54, 1.807) is 7.11 Å². The van der Waals surface area contributed by atoms with Crippen molar-refractivity contribution in [3.8, 4) is 0 Å². The first-order chi connectivity index (χ1) is 6.77.